The van der Waals surface area contributed by atoms with E-state index < -0.39 is 0 Å². The lowest BCUT2D eigenvalue weighted by atomic mass is 9.95. The Morgan fingerprint density at radius 3 is 2.24 bits per heavy atom. The van der Waals surface area contributed by atoms with E-state index in [9.17, 15) is 0 Å². The summed E-state index contributed by atoms with van der Waals surface area (Å²) >= 11 is 1.85. The molecule has 0 amide bonds. The fraction of sp³-hybridized carbons (Fsp3) is 0.0192. The van der Waals surface area contributed by atoms with Gasteiger partial charge in [-0.15, -0.1) is 11.3 Å². The van der Waals surface area contributed by atoms with Gasteiger partial charge in [-0.3, -0.25) is 4.98 Å². The van der Waals surface area contributed by atoms with Crippen LogP contribution in [0.15, 0.2) is 186 Å². The van der Waals surface area contributed by atoms with Gasteiger partial charge in [0.15, 0.2) is 0 Å². The number of ether oxygens (including phenoxy) is 1. The third kappa shape index (κ3) is 5.26. The monoisotopic (exact) mass is 763 g/mol. The quantitative estimate of drug-likeness (QED) is 0.190. The third-order valence-corrected chi connectivity index (χ3v) is 12.6. The average molecular weight is 764 g/mol. The number of fused-ring (bicyclic) bond motifs is 9. The van der Waals surface area contributed by atoms with Gasteiger partial charge in [0.25, 0.3) is 0 Å². The van der Waals surface area contributed by atoms with Crippen LogP contribution in [-0.4, -0.2) is 9.55 Å². The van der Waals surface area contributed by atoms with Crippen molar-refractivity contribution in [3.05, 3.63) is 193 Å². The summed E-state index contributed by atoms with van der Waals surface area (Å²) in [4.78, 5) is 4.72. The molecule has 58 heavy (non-hydrogen) atoms. The molecule has 1 aliphatic heterocycles. The summed E-state index contributed by atoms with van der Waals surface area (Å²) in [6, 6.07) is 50.7. The first-order valence-electron chi connectivity index (χ1n) is 19.5. The number of aromatic nitrogens is 2. The molecular weight excluding hydrogens is 731 g/mol. The van der Waals surface area contributed by atoms with Crippen LogP contribution >= 0.6 is 11.3 Å². The Morgan fingerprint density at radius 1 is 0.638 bits per heavy atom. The highest BCUT2D eigenvalue weighted by atomic mass is 32.1. The first kappa shape index (κ1) is 32.8. The fourth-order valence-corrected chi connectivity index (χ4v) is 9.84. The summed E-state index contributed by atoms with van der Waals surface area (Å²) in [6.45, 7) is 0. The van der Waals surface area contributed by atoms with Gasteiger partial charge in [0, 0.05) is 65.5 Å². The van der Waals surface area contributed by atoms with E-state index in [2.05, 4.69) is 156 Å². The van der Waals surface area contributed by atoms with Crippen molar-refractivity contribution in [1.29, 1.82) is 0 Å². The number of nitrogens with one attached hydrogen (secondary N) is 1. The molecule has 274 valence electrons. The Balaban J connectivity index is 1.06. The van der Waals surface area contributed by atoms with Crippen LogP contribution in [0, 0.1) is 0 Å². The van der Waals surface area contributed by atoms with Gasteiger partial charge in [-0.05, 0) is 119 Å². The summed E-state index contributed by atoms with van der Waals surface area (Å²) < 4.78 is 16.9. The summed E-state index contributed by atoms with van der Waals surface area (Å²) in [5.74, 6) is 0.863. The smallest absolute Gasteiger partial charge is 0.135 e. The van der Waals surface area contributed by atoms with E-state index in [1.165, 1.54) is 30.9 Å². The van der Waals surface area contributed by atoms with E-state index in [4.69, 9.17) is 14.1 Å². The highest BCUT2D eigenvalue weighted by molar-refractivity contribution is 7.25. The molecule has 0 spiro atoms. The normalized spacial score (nSPS) is 13.8. The molecule has 4 aromatic heterocycles. The topological polar surface area (TPSA) is 52.2 Å². The number of hydrogen-bond acceptors (Lipinski definition) is 5. The SMILES string of the molecule is C1=Cc2oc3ccc(-c4ccc5c(c4)c4cc(-c6ccccc6-c6ccccn6)ccc4n5-c4ccc5sc6ccccc6c5c4)cc3c2C=C(C2=COC=CN2)C1. The highest BCUT2D eigenvalue weighted by Crippen LogP contribution is 2.42. The van der Waals surface area contributed by atoms with Gasteiger partial charge in [-0.1, -0.05) is 72.8 Å². The zero-order valence-corrected chi connectivity index (χ0v) is 32.0. The molecule has 0 radical (unpaired) electrons. The zero-order valence-electron chi connectivity index (χ0n) is 31.1. The lowest BCUT2D eigenvalue weighted by molar-refractivity contribution is 0.384. The number of furan rings is 1. The van der Waals surface area contributed by atoms with Crippen molar-refractivity contribution in [1.82, 2.24) is 14.9 Å². The molecule has 1 aliphatic carbocycles. The maximum Gasteiger partial charge on any atom is 0.135 e. The Kier molecular flexibility index (Phi) is 7.40. The highest BCUT2D eigenvalue weighted by Gasteiger charge is 2.20. The van der Waals surface area contributed by atoms with Crippen molar-refractivity contribution in [2.45, 2.75) is 6.42 Å². The predicted octanol–water partition coefficient (Wildman–Crippen LogP) is 14.0. The first-order valence-corrected chi connectivity index (χ1v) is 20.3. The lowest BCUT2D eigenvalue weighted by Gasteiger charge is -2.13. The number of benzene rings is 6. The molecule has 0 bridgehead atoms. The number of pyridine rings is 1. The molecular formula is C52H33N3O2S. The number of allylic oxidation sites excluding steroid dienone is 2. The molecule has 0 atom stereocenters. The van der Waals surface area contributed by atoms with Crippen LogP contribution in [0.5, 0.6) is 0 Å². The maximum atomic E-state index is 6.40. The summed E-state index contributed by atoms with van der Waals surface area (Å²) in [6.07, 6.45) is 14.3. The molecule has 0 saturated carbocycles. The first-order chi connectivity index (χ1) is 28.7. The minimum absolute atomic E-state index is 0.770. The third-order valence-electron chi connectivity index (χ3n) is 11.5. The van der Waals surface area contributed by atoms with Crippen LogP contribution in [0.2, 0.25) is 0 Å². The van der Waals surface area contributed by atoms with Gasteiger partial charge in [0.2, 0.25) is 0 Å². The maximum absolute atomic E-state index is 6.40. The largest absolute Gasteiger partial charge is 0.469 e. The molecule has 0 saturated heterocycles. The minimum atomic E-state index is 0.770. The van der Waals surface area contributed by atoms with E-state index >= 15 is 0 Å². The Bertz CT molecular complexity index is 3430. The molecule has 5 nitrogen and oxygen atoms in total. The molecule has 5 heterocycles. The van der Waals surface area contributed by atoms with Gasteiger partial charge in [0.05, 0.1) is 22.4 Å². The summed E-state index contributed by atoms with van der Waals surface area (Å²) in [5, 5.41) is 9.37. The number of thiophene rings is 1. The molecule has 6 aromatic carbocycles. The van der Waals surface area contributed by atoms with Crippen LogP contribution in [0.1, 0.15) is 17.7 Å². The Hall–Kier alpha value is -7.41. The van der Waals surface area contributed by atoms with Crippen molar-refractivity contribution in [3.8, 4) is 39.2 Å². The molecule has 2 aliphatic rings. The summed E-state index contributed by atoms with van der Waals surface area (Å²) in [7, 11) is 0. The van der Waals surface area contributed by atoms with Gasteiger partial charge in [-0.2, -0.15) is 0 Å². The Labute approximate surface area is 337 Å². The van der Waals surface area contributed by atoms with Gasteiger partial charge in [0.1, 0.15) is 23.9 Å². The standard InChI is InChI=1S/C52H33N3O2S/c1-2-10-38(45-12-5-6-23-53-45)37(9-1)34-16-20-48-41(28-34)40-26-32(15-19-47(40)55(48)36-18-22-52-44(30-36)39-11-3-4-14-51(39)58-52)33-17-21-50-42(27-33)43-29-35(8-7-13-49(43)57-50)46-31-56-25-24-54-46/h1-7,9-31,54H,8H2. The van der Waals surface area contributed by atoms with E-state index in [1.807, 2.05) is 35.9 Å². The predicted molar refractivity (Wildman–Crippen MR) is 241 cm³/mol. The fourth-order valence-electron chi connectivity index (χ4n) is 8.76. The molecule has 1 N–H and O–H groups in total. The average Bonchev–Trinajstić information content (AvgIpc) is 3.89. The number of rotatable bonds is 5. The molecule has 0 unspecified atom stereocenters. The van der Waals surface area contributed by atoms with Crippen molar-refractivity contribution in [2.24, 2.45) is 0 Å². The molecule has 0 fully saturated rings. The van der Waals surface area contributed by atoms with Gasteiger partial charge >= 0.3 is 0 Å². The second-order valence-corrected chi connectivity index (χ2v) is 15.9. The van der Waals surface area contributed by atoms with Crippen molar-refractivity contribution in [2.75, 3.05) is 0 Å². The van der Waals surface area contributed by atoms with Gasteiger partial charge in [-0.25, -0.2) is 0 Å². The molecule has 10 aromatic rings. The van der Waals surface area contributed by atoms with Crippen LogP contribution in [0.3, 0.4) is 0 Å². The van der Waals surface area contributed by atoms with E-state index in [1.54, 1.807) is 12.5 Å². The van der Waals surface area contributed by atoms with Crippen LogP contribution in [0.4, 0.5) is 0 Å². The van der Waals surface area contributed by atoms with Gasteiger partial charge < -0.3 is 19.0 Å². The second-order valence-electron chi connectivity index (χ2n) is 14.8. The van der Waals surface area contributed by atoms with Crippen molar-refractivity contribution >= 4 is 76.4 Å². The van der Waals surface area contributed by atoms with E-state index in [0.717, 1.165) is 90.2 Å². The molecule has 12 rings (SSSR count). The van der Waals surface area contributed by atoms with Crippen molar-refractivity contribution in [3.63, 3.8) is 0 Å². The van der Waals surface area contributed by atoms with Crippen LogP contribution < -0.4 is 5.32 Å². The second kappa shape index (κ2) is 13.1. The number of nitrogens with zero attached hydrogens (tertiary/aromatic N) is 2. The van der Waals surface area contributed by atoms with Crippen LogP contribution in [-0.2, 0) is 4.74 Å². The minimum Gasteiger partial charge on any atom is -0.469 e. The lowest BCUT2D eigenvalue weighted by Crippen LogP contribution is -2.10. The number of hydrogen-bond donors (Lipinski definition) is 1. The summed E-state index contributed by atoms with van der Waals surface area (Å²) in [5.41, 5.74) is 14.1. The van der Waals surface area contributed by atoms with Crippen LogP contribution in [0.25, 0.3) is 104 Å². The van der Waals surface area contributed by atoms with Crippen molar-refractivity contribution < 1.29 is 9.15 Å². The van der Waals surface area contributed by atoms with E-state index in [0.29, 0.717) is 0 Å². The van der Waals surface area contributed by atoms with E-state index in [-0.39, 0.29) is 0 Å². The molecule has 6 heteroatoms. The zero-order chi connectivity index (χ0) is 38.2. The Morgan fingerprint density at radius 2 is 1.40 bits per heavy atom.